The van der Waals surface area contributed by atoms with Crippen LogP contribution in [0.15, 0.2) is 41.3 Å². The molecule has 27 heavy (non-hydrogen) atoms. The van der Waals surface area contributed by atoms with Gasteiger partial charge in [0.25, 0.3) is 5.91 Å². The average molecular weight is 411 g/mol. The van der Waals surface area contributed by atoms with Crippen LogP contribution in [0, 0.1) is 6.92 Å². The number of rotatable bonds is 7. The zero-order valence-electron chi connectivity index (χ0n) is 15.7. The smallest absolute Gasteiger partial charge is 0.259 e. The Morgan fingerprint density at radius 2 is 1.81 bits per heavy atom. The lowest BCUT2D eigenvalue weighted by Gasteiger charge is -2.19. The predicted octanol–water partition coefficient (Wildman–Crippen LogP) is 3.94. The van der Waals surface area contributed by atoms with Crippen molar-refractivity contribution in [3.63, 3.8) is 0 Å². The van der Waals surface area contributed by atoms with Gasteiger partial charge in [-0.25, -0.2) is 8.42 Å². The van der Waals surface area contributed by atoms with Crippen LogP contribution in [0.5, 0.6) is 5.75 Å². The van der Waals surface area contributed by atoms with Crippen molar-refractivity contribution in [1.29, 1.82) is 0 Å². The van der Waals surface area contributed by atoms with E-state index in [1.54, 1.807) is 32.0 Å². The van der Waals surface area contributed by atoms with Crippen LogP contribution < -0.4 is 10.1 Å². The van der Waals surface area contributed by atoms with Crippen molar-refractivity contribution in [3.05, 3.63) is 52.5 Å². The molecule has 0 saturated carbocycles. The topological polar surface area (TPSA) is 75.7 Å². The summed E-state index contributed by atoms with van der Waals surface area (Å²) in [5.74, 6) is -0.201. The summed E-state index contributed by atoms with van der Waals surface area (Å²) in [4.78, 5) is 12.8. The molecule has 1 amide bonds. The van der Waals surface area contributed by atoms with Crippen LogP contribution in [0.25, 0.3) is 0 Å². The first-order valence-corrected chi connectivity index (χ1v) is 10.3. The Bertz CT molecular complexity index is 941. The number of benzene rings is 2. The highest BCUT2D eigenvalue weighted by atomic mass is 35.5. The fourth-order valence-corrected chi connectivity index (χ4v) is 4.27. The number of sulfonamides is 1. The monoisotopic (exact) mass is 410 g/mol. The lowest BCUT2D eigenvalue weighted by Crippen LogP contribution is -2.30. The number of carbonyl (C=O) groups excluding carboxylic acids is 1. The van der Waals surface area contributed by atoms with Crippen LogP contribution in [-0.2, 0) is 10.0 Å². The number of methoxy groups -OCH3 is 1. The Kier molecular flexibility index (Phi) is 6.86. The van der Waals surface area contributed by atoms with E-state index in [0.717, 1.165) is 5.56 Å². The van der Waals surface area contributed by atoms with Crippen LogP contribution in [-0.4, -0.2) is 38.8 Å². The number of aryl methyl sites for hydroxylation is 1. The van der Waals surface area contributed by atoms with E-state index in [1.807, 2.05) is 6.92 Å². The molecule has 0 heterocycles. The summed E-state index contributed by atoms with van der Waals surface area (Å²) in [5.41, 5.74) is 1.52. The third-order valence-electron chi connectivity index (χ3n) is 4.19. The van der Waals surface area contributed by atoms with E-state index >= 15 is 0 Å². The van der Waals surface area contributed by atoms with Crippen molar-refractivity contribution >= 4 is 33.2 Å². The molecule has 0 unspecified atom stereocenters. The number of hydrogen-bond donors (Lipinski definition) is 1. The standard InChI is InChI=1S/C19H23ClN2O4S/c1-5-22(6-2)27(24,25)15-9-10-18(26-4)16(12-15)19(23)21-14-8-7-13(3)17(20)11-14/h7-12H,5-6H2,1-4H3,(H,21,23). The van der Waals surface area contributed by atoms with Crippen LogP contribution in [0.2, 0.25) is 5.02 Å². The molecule has 2 aromatic carbocycles. The van der Waals surface area contributed by atoms with Crippen LogP contribution in [0.1, 0.15) is 29.8 Å². The Morgan fingerprint density at radius 3 is 2.37 bits per heavy atom. The molecule has 8 heteroatoms. The van der Waals surface area contributed by atoms with E-state index in [0.29, 0.717) is 23.8 Å². The first-order valence-electron chi connectivity index (χ1n) is 8.50. The van der Waals surface area contributed by atoms with Crippen LogP contribution in [0.4, 0.5) is 5.69 Å². The summed E-state index contributed by atoms with van der Waals surface area (Å²) in [6, 6.07) is 9.40. The van der Waals surface area contributed by atoms with E-state index in [4.69, 9.17) is 16.3 Å². The second-order valence-corrected chi connectivity index (χ2v) is 8.21. The van der Waals surface area contributed by atoms with E-state index in [9.17, 15) is 13.2 Å². The van der Waals surface area contributed by atoms with E-state index < -0.39 is 15.9 Å². The molecular weight excluding hydrogens is 388 g/mol. The van der Waals surface area contributed by atoms with Crippen molar-refractivity contribution in [1.82, 2.24) is 4.31 Å². The maximum Gasteiger partial charge on any atom is 0.259 e. The van der Waals surface area contributed by atoms with Gasteiger partial charge in [0, 0.05) is 23.8 Å². The Morgan fingerprint density at radius 1 is 1.15 bits per heavy atom. The van der Waals surface area contributed by atoms with Gasteiger partial charge in [-0.3, -0.25) is 4.79 Å². The van der Waals surface area contributed by atoms with Gasteiger partial charge in [0.05, 0.1) is 17.6 Å². The highest BCUT2D eigenvalue weighted by molar-refractivity contribution is 7.89. The zero-order chi connectivity index (χ0) is 20.2. The molecule has 0 radical (unpaired) electrons. The number of hydrogen-bond acceptors (Lipinski definition) is 4. The summed E-state index contributed by atoms with van der Waals surface area (Å²) >= 11 is 6.09. The molecule has 2 aromatic rings. The Labute approximate surface area is 165 Å². The van der Waals surface area contributed by atoms with Crippen LogP contribution in [0.3, 0.4) is 0 Å². The molecule has 2 rings (SSSR count). The molecule has 146 valence electrons. The Balaban J connectivity index is 2.42. The molecule has 0 bridgehead atoms. The third-order valence-corrected chi connectivity index (χ3v) is 6.64. The minimum Gasteiger partial charge on any atom is -0.496 e. The second kappa shape index (κ2) is 8.73. The van der Waals surface area contributed by atoms with Crippen molar-refractivity contribution in [2.75, 3.05) is 25.5 Å². The van der Waals surface area contributed by atoms with Crippen molar-refractivity contribution in [3.8, 4) is 5.75 Å². The SMILES string of the molecule is CCN(CC)S(=O)(=O)c1ccc(OC)c(C(=O)Nc2ccc(C)c(Cl)c2)c1. The maximum absolute atomic E-state index is 12.7. The summed E-state index contributed by atoms with van der Waals surface area (Å²) < 4.78 is 32.1. The fraction of sp³-hybridized carbons (Fsp3) is 0.316. The molecule has 0 saturated heterocycles. The summed E-state index contributed by atoms with van der Waals surface area (Å²) in [6.45, 7) is 6.07. The van der Waals surface area contributed by atoms with Gasteiger partial charge in [0.2, 0.25) is 10.0 Å². The Hall–Kier alpha value is -2.09. The van der Waals surface area contributed by atoms with E-state index in [1.165, 1.54) is 29.6 Å². The number of ether oxygens (including phenoxy) is 1. The molecule has 6 nitrogen and oxygen atoms in total. The van der Waals surface area contributed by atoms with Gasteiger partial charge in [0.15, 0.2) is 0 Å². The van der Waals surface area contributed by atoms with E-state index in [-0.39, 0.29) is 16.2 Å². The maximum atomic E-state index is 12.7. The highest BCUT2D eigenvalue weighted by Gasteiger charge is 2.24. The quantitative estimate of drug-likeness (QED) is 0.750. The molecule has 0 fully saturated rings. The molecule has 0 aliphatic carbocycles. The normalized spacial score (nSPS) is 11.5. The lowest BCUT2D eigenvalue weighted by atomic mass is 10.1. The largest absolute Gasteiger partial charge is 0.496 e. The van der Waals surface area contributed by atoms with Crippen molar-refractivity contribution < 1.29 is 17.9 Å². The minimum absolute atomic E-state index is 0.0408. The number of anilines is 1. The summed E-state index contributed by atoms with van der Waals surface area (Å²) in [6.07, 6.45) is 0. The van der Waals surface area contributed by atoms with Gasteiger partial charge in [-0.1, -0.05) is 31.5 Å². The van der Waals surface area contributed by atoms with Gasteiger partial charge in [-0.05, 0) is 42.8 Å². The molecule has 0 aliphatic rings. The number of amides is 1. The molecule has 0 aliphatic heterocycles. The minimum atomic E-state index is -3.69. The molecule has 0 spiro atoms. The predicted molar refractivity (Wildman–Crippen MR) is 107 cm³/mol. The van der Waals surface area contributed by atoms with E-state index in [2.05, 4.69) is 5.32 Å². The van der Waals surface area contributed by atoms with Gasteiger partial charge >= 0.3 is 0 Å². The lowest BCUT2D eigenvalue weighted by molar-refractivity contribution is 0.102. The van der Waals surface area contributed by atoms with Crippen LogP contribution >= 0.6 is 11.6 Å². The number of halogens is 1. The third kappa shape index (κ3) is 4.61. The zero-order valence-corrected chi connectivity index (χ0v) is 17.3. The average Bonchev–Trinajstić information content (AvgIpc) is 2.64. The molecule has 0 aromatic heterocycles. The van der Waals surface area contributed by atoms with Gasteiger partial charge in [-0.2, -0.15) is 4.31 Å². The number of nitrogens with zero attached hydrogens (tertiary/aromatic N) is 1. The van der Waals surface area contributed by atoms with Gasteiger partial charge in [-0.15, -0.1) is 0 Å². The van der Waals surface area contributed by atoms with Crippen molar-refractivity contribution in [2.45, 2.75) is 25.7 Å². The first kappa shape index (κ1) is 21.2. The first-order chi connectivity index (χ1) is 12.7. The van der Waals surface area contributed by atoms with Crippen molar-refractivity contribution in [2.24, 2.45) is 0 Å². The fourth-order valence-electron chi connectivity index (χ4n) is 2.61. The summed E-state index contributed by atoms with van der Waals surface area (Å²) in [5, 5.41) is 3.25. The highest BCUT2D eigenvalue weighted by Crippen LogP contribution is 2.26. The number of carbonyl (C=O) groups is 1. The number of nitrogens with one attached hydrogen (secondary N) is 1. The summed E-state index contributed by atoms with van der Waals surface area (Å²) in [7, 11) is -2.27. The molecular formula is C19H23ClN2O4S. The molecule has 1 N–H and O–H groups in total. The second-order valence-electron chi connectivity index (χ2n) is 5.87. The molecule has 0 atom stereocenters. The van der Waals surface area contributed by atoms with Gasteiger partial charge < -0.3 is 10.1 Å². The van der Waals surface area contributed by atoms with Gasteiger partial charge in [0.1, 0.15) is 5.75 Å².